The molecule has 1 fully saturated rings. The molecular formula is C24H28N4O2. The molecule has 1 N–H and O–H groups in total. The average Bonchev–Trinajstić information content (AvgIpc) is 2.74. The highest BCUT2D eigenvalue weighted by molar-refractivity contribution is 5.40. The van der Waals surface area contributed by atoms with Crippen LogP contribution in [0.4, 0.5) is 5.82 Å². The van der Waals surface area contributed by atoms with Crippen molar-refractivity contribution >= 4 is 5.82 Å². The number of aryl methyl sites for hydroxylation is 2. The van der Waals surface area contributed by atoms with Crippen LogP contribution in [0.1, 0.15) is 22.3 Å². The Morgan fingerprint density at radius 3 is 2.10 bits per heavy atom. The van der Waals surface area contributed by atoms with Gasteiger partial charge in [-0.3, -0.25) is 13.9 Å². The summed E-state index contributed by atoms with van der Waals surface area (Å²) in [6, 6.07) is 17.7. The molecule has 6 heteroatoms. The first kappa shape index (κ1) is 20.2. The molecule has 0 spiro atoms. The molecule has 0 atom stereocenters. The molecule has 1 aliphatic rings. The first-order valence-corrected chi connectivity index (χ1v) is 10.4. The van der Waals surface area contributed by atoms with Gasteiger partial charge in [0.15, 0.2) is 0 Å². The summed E-state index contributed by atoms with van der Waals surface area (Å²) in [5, 5.41) is 3.33. The zero-order valence-electron chi connectivity index (χ0n) is 17.6. The second-order valence-corrected chi connectivity index (χ2v) is 8.01. The number of aromatic nitrogens is 2. The maximum Gasteiger partial charge on any atom is 0.333 e. The Labute approximate surface area is 176 Å². The van der Waals surface area contributed by atoms with Crippen LogP contribution >= 0.6 is 0 Å². The topological polar surface area (TPSA) is 59.3 Å². The number of anilines is 1. The van der Waals surface area contributed by atoms with Crippen molar-refractivity contribution in [2.75, 3.05) is 31.1 Å². The summed E-state index contributed by atoms with van der Waals surface area (Å²) in [6.07, 6.45) is 0. The van der Waals surface area contributed by atoms with E-state index in [0.29, 0.717) is 12.4 Å². The number of nitrogens with zero attached hydrogens (tertiary/aromatic N) is 3. The Morgan fingerprint density at radius 1 is 0.800 bits per heavy atom. The Bertz CT molecular complexity index is 1120. The summed E-state index contributed by atoms with van der Waals surface area (Å²) in [6.45, 7) is 7.99. The van der Waals surface area contributed by atoms with Crippen molar-refractivity contribution in [2.24, 2.45) is 0 Å². The minimum absolute atomic E-state index is 0.253. The monoisotopic (exact) mass is 404 g/mol. The second kappa shape index (κ2) is 8.71. The Morgan fingerprint density at radius 2 is 1.43 bits per heavy atom. The Balaban J connectivity index is 1.80. The van der Waals surface area contributed by atoms with Crippen molar-refractivity contribution in [3.63, 3.8) is 0 Å². The lowest BCUT2D eigenvalue weighted by Gasteiger charge is -2.31. The van der Waals surface area contributed by atoms with Gasteiger partial charge in [0.2, 0.25) is 0 Å². The van der Waals surface area contributed by atoms with Crippen LogP contribution < -0.4 is 21.5 Å². The minimum Gasteiger partial charge on any atom is -0.355 e. The van der Waals surface area contributed by atoms with Crippen molar-refractivity contribution in [2.45, 2.75) is 26.9 Å². The maximum absolute atomic E-state index is 13.5. The highest BCUT2D eigenvalue weighted by Gasteiger charge is 2.19. The van der Waals surface area contributed by atoms with Crippen molar-refractivity contribution in [3.8, 4) is 0 Å². The molecular weight excluding hydrogens is 376 g/mol. The average molecular weight is 405 g/mol. The van der Waals surface area contributed by atoms with Crippen LogP contribution in [0.15, 0.2) is 64.2 Å². The van der Waals surface area contributed by atoms with E-state index in [1.807, 2.05) is 56.3 Å². The van der Waals surface area contributed by atoms with Gasteiger partial charge < -0.3 is 10.2 Å². The lowest BCUT2D eigenvalue weighted by molar-refractivity contribution is 0.551. The molecule has 2 heterocycles. The molecule has 0 unspecified atom stereocenters. The highest BCUT2D eigenvalue weighted by Crippen LogP contribution is 2.14. The fraction of sp³-hybridized carbons (Fsp3) is 0.333. The smallest absolute Gasteiger partial charge is 0.333 e. The first-order chi connectivity index (χ1) is 14.5. The van der Waals surface area contributed by atoms with Gasteiger partial charge >= 0.3 is 5.69 Å². The lowest BCUT2D eigenvalue weighted by Crippen LogP contribution is -2.48. The fourth-order valence-electron chi connectivity index (χ4n) is 4.16. The second-order valence-electron chi connectivity index (χ2n) is 8.01. The van der Waals surface area contributed by atoms with Gasteiger partial charge in [0, 0.05) is 32.2 Å². The van der Waals surface area contributed by atoms with E-state index in [0.717, 1.165) is 48.4 Å². The zero-order valence-corrected chi connectivity index (χ0v) is 17.6. The molecule has 4 rings (SSSR count). The van der Waals surface area contributed by atoms with E-state index in [4.69, 9.17) is 0 Å². The molecule has 2 aromatic carbocycles. The predicted molar refractivity (Wildman–Crippen MR) is 121 cm³/mol. The number of nitrogens with one attached hydrogen (secondary N) is 1. The summed E-state index contributed by atoms with van der Waals surface area (Å²) in [5.74, 6) is 0.701. The van der Waals surface area contributed by atoms with Gasteiger partial charge in [-0.05, 0) is 25.0 Å². The van der Waals surface area contributed by atoms with Crippen molar-refractivity contribution < 1.29 is 0 Å². The maximum atomic E-state index is 13.5. The molecule has 1 aliphatic heterocycles. The van der Waals surface area contributed by atoms with Crippen molar-refractivity contribution in [1.29, 1.82) is 0 Å². The van der Waals surface area contributed by atoms with Gasteiger partial charge in [0.1, 0.15) is 5.82 Å². The number of rotatable bonds is 5. The van der Waals surface area contributed by atoms with Crippen LogP contribution in [-0.2, 0) is 13.1 Å². The van der Waals surface area contributed by atoms with Crippen LogP contribution in [-0.4, -0.2) is 35.3 Å². The van der Waals surface area contributed by atoms with Gasteiger partial charge in [-0.1, -0.05) is 59.7 Å². The summed E-state index contributed by atoms with van der Waals surface area (Å²) >= 11 is 0. The molecule has 1 saturated heterocycles. The number of piperazine rings is 1. The molecule has 0 saturated carbocycles. The molecule has 1 aromatic heterocycles. The highest BCUT2D eigenvalue weighted by atomic mass is 16.2. The van der Waals surface area contributed by atoms with Crippen LogP contribution in [0, 0.1) is 13.8 Å². The molecule has 0 amide bonds. The quantitative estimate of drug-likeness (QED) is 0.708. The molecule has 0 radical (unpaired) electrons. The van der Waals surface area contributed by atoms with Gasteiger partial charge in [-0.15, -0.1) is 0 Å². The van der Waals surface area contributed by atoms with E-state index >= 15 is 0 Å². The Kier molecular flexibility index (Phi) is 5.86. The fourth-order valence-corrected chi connectivity index (χ4v) is 4.16. The van der Waals surface area contributed by atoms with Crippen LogP contribution in [0.5, 0.6) is 0 Å². The van der Waals surface area contributed by atoms with Gasteiger partial charge in [0.25, 0.3) is 5.56 Å². The minimum atomic E-state index is -0.265. The zero-order chi connectivity index (χ0) is 21.1. The SMILES string of the molecule is Cc1cc(C)cc(Cn2c(=O)cc(N3CCNCC3)n(Cc3ccccc3)c2=O)c1. The normalized spacial score (nSPS) is 14.1. The summed E-state index contributed by atoms with van der Waals surface area (Å²) in [4.78, 5) is 28.6. The van der Waals surface area contributed by atoms with Crippen LogP contribution in [0.25, 0.3) is 0 Å². The lowest BCUT2D eigenvalue weighted by atomic mass is 10.1. The molecule has 6 nitrogen and oxygen atoms in total. The van der Waals surface area contributed by atoms with E-state index < -0.39 is 0 Å². The summed E-state index contributed by atoms with van der Waals surface area (Å²) in [7, 11) is 0. The molecule has 156 valence electrons. The van der Waals surface area contributed by atoms with Crippen molar-refractivity contribution in [1.82, 2.24) is 14.5 Å². The van der Waals surface area contributed by atoms with E-state index in [1.165, 1.54) is 4.57 Å². The number of hydrogen-bond acceptors (Lipinski definition) is 4. The standard InChI is InChI=1S/C24H28N4O2/c1-18-12-19(2)14-21(13-18)17-28-23(29)15-22(26-10-8-25-9-11-26)27(24(28)30)16-20-6-4-3-5-7-20/h3-7,12-15,25H,8-11,16-17H2,1-2H3. The largest absolute Gasteiger partial charge is 0.355 e. The van der Waals surface area contributed by atoms with Crippen LogP contribution in [0.3, 0.4) is 0 Å². The summed E-state index contributed by atoms with van der Waals surface area (Å²) in [5.41, 5.74) is 3.73. The van der Waals surface area contributed by atoms with Gasteiger partial charge in [0.05, 0.1) is 13.1 Å². The predicted octanol–water partition coefficient (Wildman–Crippen LogP) is 2.13. The number of hydrogen-bond donors (Lipinski definition) is 1. The first-order valence-electron chi connectivity index (χ1n) is 10.4. The van der Waals surface area contributed by atoms with E-state index in [-0.39, 0.29) is 17.8 Å². The molecule has 0 aliphatic carbocycles. The molecule has 3 aromatic rings. The Hall–Kier alpha value is -3.12. The van der Waals surface area contributed by atoms with E-state index in [1.54, 1.807) is 10.6 Å². The third-order valence-corrected chi connectivity index (χ3v) is 5.50. The molecule has 30 heavy (non-hydrogen) atoms. The van der Waals surface area contributed by atoms with Crippen LogP contribution in [0.2, 0.25) is 0 Å². The van der Waals surface area contributed by atoms with E-state index in [9.17, 15) is 9.59 Å². The van der Waals surface area contributed by atoms with Gasteiger partial charge in [-0.2, -0.15) is 0 Å². The van der Waals surface area contributed by atoms with Crippen molar-refractivity contribution in [3.05, 3.63) is 97.7 Å². The third kappa shape index (κ3) is 4.39. The van der Waals surface area contributed by atoms with Gasteiger partial charge in [-0.25, -0.2) is 4.79 Å². The molecule has 0 bridgehead atoms. The third-order valence-electron chi connectivity index (χ3n) is 5.50. The van der Waals surface area contributed by atoms with E-state index in [2.05, 4.69) is 16.3 Å². The summed E-state index contributed by atoms with van der Waals surface area (Å²) < 4.78 is 3.09. The number of benzene rings is 2.